The Morgan fingerprint density at radius 3 is 2.23 bits per heavy atom. The van der Waals surface area contributed by atoms with E-state index in [0.29, 0.717) is 18.0 Å². The van der Waals surface area contributed by atoms with E-state index < -0.39 is 23.0 Å². The summed E-state index contributed by atoms with van der Waals surface area (Å²) in [6.45, 7) is 2.38. The molecule has 0 fully saturated rings. The minimum absolute atomic E-state index is 0.135. The second-order valence-electron chi connectivity index (χ2n) is 4.96. The Morgan fingerprint density at radius 1 is 1.08 bits per heavy atom. The van der Waals surface area contributed by atoms with Crippen molar-refractivity contribution in [2.45, 2.75) is 25.9 Å². The number of hydrogen-bond acceptors (Lipinski definition) is 6. The normalized spacial score (nSPS) is 11.1. The van der Waals surface area contributed by atoms with Gasteiger partial charge in [-0.1, -0.05) is 11.3 Å². The Bertz CT molecular complexity index is 762. The summed E-state index contributed by atoms with van der Waals surface area (Å²) in [6, 6.07) is 6.70. The summed E-state index contributed by atoms with van der Waals surface area (Å²) in [5, 5.41) is 9.57. The van der Waals surface area contributed by atoms with Crippen LogP contribution in [0.1, 0.15) is 24.8 Å². The molecule has 0 bridgehead atoms. The van der Waals surface area contributed by atoms with Crippen LogP contribution >= 0.6 is 11.3 Å². The molecule has 1 aromatic heterocycles. The number of halogens is 3. The van der Waals surface area contributed by atoms with Gasteiger partial charge in [-0.05, 0) is 31.2 Å². The summed E-state index contributed by atoms with van der Waals surface area (Å²) >= 11 is 0.219. The number of anilines is 2. The Morgan fingerprint density at radius 2 is 1.69 bits per heavy atom. The number of nitrogens with one attached hydrogen (secondary N) is 2. The van der Waals surface area contributed by atoms with Crippen LogP contribution in [0.4, 0.5) is 24.0 Å². The van der Waals surface area contributed by atoms with Crippen LogP contribution in [0.5, 0.6) is 5.75 Å². The molecule has 11 heteroatoms. The van der Waals surface area contributed by atoms with Gasteiger partial charge < -0.3 is 15.4 Å². The molecule has 0 atom stereocenters. The molecule has 1 aromatic carbocycles. The van der Waals surface area contributed by atoms with Crippen LogP contribution in [0.3, 0.4) is 0 Å². The average Bonchev–Trinajstić information content (AvgIpc) is 3.04. The molecule has 2 aromatic rings. The fraction of sp³-hybridized carbons (Fsp3) is 0.333. The minimum Gasteiger partial charge on any atom is -0.494 e. The average molecular weight is 388 g/mol. The number of carbonyl (C=O) groups is 2. The van der Waals surface area contributed by atoms with E-state index in [1.807, 2.05) is 6.92 Å². The lowest BCUT2D eigenvalue weighted by Gasteiger charge is -2.07. The van der Waals surface area contributed by atoms with Crippen LogP contribution in [-0.2, 0) is 15.8 Å². The van der Waals surface area contributed by atoms with Gasteiger partial charge in [0, 0.05) is 18.5 Å². The van der Waals surface area contributed by atoms with Gasteiger partial charge in [-0.3, -0.25) is 9.59 Å². The second kappa shape index (κ2) is 8.61. The van der Waals surface area contributed by atoms with E-state index in [1.165, 1.54) is 0 Å². The molecule has 0 aliphatic heterocycles. The van der Waals surface area contributed by atoms with E-state index in [0.717, 1.165) is 0 Å². The number of carbonyl (C=O) groups excluding carboxylic acids is 2. The second-order valence-corrected chi connectivity index (χ2v) is 5.94. The standard InChI is InChI=1S/C15H15F3N4O3S/c1-2-25-10-5-3-9(4-6-10)19-11(23)7-8-12(24)20-14-22-21-13(26-14)15(16,17)18/h3-6H,2,7-8H2,1H3,(H,19,23)(H,20,22,24). The molecule has 0 aliphatic rings. The Hall–Kier alpha value is -2.69. The van der Waals surface area contributed by atoms with Crippen molar-refractivity contribution in [3.63, 3.8) is 0 Å². The lowest BCUT2D eigenvalue weighted by atomic mass is 10.2. The largest absolute Gasteiger partial charge is 0.494 e. The van der Waals surface area contributed by atoms with Gasteiger partial charge in [0.1, 0.15) is 5.75 Å². The number of alkyl halides is 3. The third kappa shape index (κ3) is 5.99. The van der Waals surface area contributed by atoms with Crippen molar-refractivity contribution in [3.8, 4) is 5.75 Å². The summed E-state index contributed by atoms with van der Waals surface area (Å²) in [7, 11) is 0. The number of amides is 2. The predicted molar refractivity (Wildman–Crippen MR) is 89.0 cm³/mol. The van der Waals surface area contributed by atoms with E-state index in [4.69, 9.17) is 4.74 Å². The topological polar surface area (TPSA) is 93.2 Å². The number of rotatable bonds is 7. The number of aromatic nitrogens is 2. The maximum absolute atomic E-state index is 12.4. The highest BCUT2D eigenvalue weighted by molar-refractivity contribution is 7.15. The SMILES string of the molecule is CCOc1ccc(NC(=O)CCC(=O)Nc2nnc(C(F)(F)F)s2)cc1. The van der Waals surface area contributed by atoms with Gasteiger partial charge in [0.15, 0.2) is 0 Å². The van der Waals surface area contributed by atoms with Gasteiger partial charge in [-0.15, -0.1) is 10.2 Å². The van der Waals surface area contributed by atoms with Crippen LogP contribution < -0.4 is 15.4 Å². The molecule has 7 nitrogen and oxygen atoms in total. The Balaban J connectivity index is 1.77. The zero-order valence-corrected chi connectivity index (χ0v) is 14.4. The third-order valence-corrected chi connectivity index (χ3v) is 3.83. The molecule has 0 spiro atoms. The first kappa shape index (κ1) is 19.6. The molecule has 2 N–H and O–H groups in total. The zero-order valence-electron chi connectivity index (χ0n) is 13.6. The number of ether oxygens (including phenoxy) is 1. The molecule has 0 radical (unpaired) electrons. The van der Waals surface area contributed by atoms with Crippen LogP contribution in [0.2, 0.25) is 0 Å². The molecule has 0 saturated heterocycles. The Kier molecular flexibility index (Phi) is 6.50. The van der Waals surface area contributed by atoms with Crippen molar-refractivity contribution in [1.29, 1.82) is 0 Å². The van der Waals surface area contributed by atoms with Crippen molar-refractivity contribution >= 4 is 34.0 Å². The van der Waals surface area contributed by atoms with E-state index in [-0.39, 0.29) is 29.3 Å². The quantitative estimate of drug-likeness (QED) is 0.759. The molecule has 2 amide bonds. The summed E-state index contributed by atoms with van der Waals surface area (Å²) in [5.41, 5.74) is 0.540. The van der Waals surface area contributed by atoms with Crippen molar-refractivity contribution < 1.29 is 27.5 Å². The van der Waals surface area contributed by atoms with Crippen LogP contribution in [0.15, 0.2) is 24.3 Å². The first-order valence-electron chi connectivity index (χ1n) is 7.51. The fourth-order valence-corrected chi connectivity index (χ4v) is 2.45. The summed E-state index contributed by atoms with van der Waals surface area (Å²) in [5.74, 6) is -0.366. The molecule has 140 valence electrons. The first-order valence-corrected chi connectivity index (χ1v) is 8.33. The zero-order chi connectivity index (χ0) is 19.2. The van der Waals surface area contributed by atoms with E-state index in [9.17, 15) is 22.8 Å². The first-order chi connectivity index (χ1) is 12.3. The molecule has 0 aliphatic carbocycles. The van der Waals surface area contributed by atoms with Gasteiger partial charge in [-0.2, -0.15) is 13.2 Å². The molecule has 1 heterocycles. The predicted octanol–water partition coefficient (Wildman–Crippen LogP) is 3.31. The molecule has 0 unspecified atom stereocenters. The fourth-order valence-electron chi connectivity index (χ4n) is 1.82. The Labute approximate surface area is 150 Å². The monoisotopic (exact) mass is 388 g/mol. The summed E-state index contributed by atoms with van der Waals surface area (Å²) < 4.78 is 42.5. The van der Waals surface area contributed by atoms with Gasteiger partial charge in [0.2, 0.25) is 22.0 Å². The minimum atomic E-state index is -4.61. The van der Waals surface area contributed by atoms with Crippen molar-refractivity contribution in [3.05, 3.63) is 29.3 Å². The van der Waals surface area contributed by atoms with E-state index in [2.05, 4.69) is 20.8 Å². The van der Waals surface area contributed by atoms with Crippen molar-refractivity contribution in [2.24, 2.45) is 0 Å². The molecule has 2 rings (SSSR count). The lowest BCUT2D eigenvalue weighted by Crippen LogP contribution is -2.17. The highest BCUT2D eigenvalue weighted by Gasteiger charge is 2.35. The van der Waals surface area contributed by atoms with Crippen LogP contribution in [0.25, 0.3) is 0 Å². The maximum atomic E-state index is 12.4. The van der Waals surface area contributed by atoms with Gasteiger partial charge in [0.05, 0.1) is 6.61 Å². The van der Waals surface area contributed by atoms with Gasteiger partial charge >= 0.3 is 6.18 Å². The van der Waals surface area contributed by atoms with Gasteiger partial charge in [-0.25, -0.2) is 0 Å². The molecule has 26 heavy (non-hydrogen) atoms. The van der Waals surface area contributed by atoms with Crippen molar-refractivity contribution in [1.82, 2.24) is 10.2 Å². The smallest absolute Gasteiger partial charge is 0.445 e. The number of benzene rings is 1. The third-order valence-electron chi connectivity index (χ3n) is 2.94. The summed E-state index contributed by atoms with van der Waals surface area (Å²) in [4.78, 5) is 23.5. The highest BCUT2D eigenvalue weighted by Crippen LogP contribution is 2.33. The molecule has 0 saturated carbocycles. The van der Waals surface area contributed by atoms with Gasteiger partial charge in [0.25, 0.3) is 0 Å². The van der Waals surface area contributed by atoms with E-state index in [1.54, 1.807) is 24.3 Å². The molecular weight excluding hydrogens is 373 g/mol. The summed E-state index contributed by atoms with van der Waals surface area (Å²) in [6.07, 6.45) is -4.95. The van der Waals surface area contributed by atoms with E-state index >= 15 is 0 Å². The van der Waals surface area contributed by atoms with Crippen molar-refractivity contribution in [2.75, 3.05) is 17.2 Å². The number of nitrogens with zero attached hydrogens (tertiary/aromatic N) is 2. The lowest BCUT2D eigenvalue weighted by molar-refractivity contribution is -0.138. The highest BCUT2D eigenvalue weighted by atomic mass is 32.1. The number of hydrogen-bond donors (Lipinski definition) is 2. The maximum Gasteiger partial charge on any atom is 0.445 e. The molecular formula is C15H15F3N4O3S. The van der Waals surface area contributed by atoms with Crippen LogP contribution in [-0.4, -0.2) is 28.6 Å². The van der Waals surface area contributed by atoms with Crippen LogP contribution in [0, 0.1) is 0 Å².